The van der Waals surface area contributed by atoms with Gasteiger partial charge in [-0.3, -0.25) is 0 Å². The van der Waals surface area contributed by atoms with Gasteiger partial charge in [0.25, 0.3) is 0 Å². The van der Waals surface area contributed by atoms with E-state index in [1.165, 1.54) is 12.1 Å². The van der Waals surface area contributed by atoms with Crippen molar-refractivity contribution in [3.8, 4) is 6.07 Å². The largest absolute Gasteiger partial charge is 0.398 e. The average Bonchev–Trinajstić information content (AvgIpc) is 2.07. The summed E-state index contributed by atoms with van der Waals surface area (Å²) in [6.07, 6.45) is 1.28. The molecule has 0 amide bonds. The fourth-order valence-electron chi connectivity index (χ4n) is 1.10. The third-order valence-corrected chi connectivity index (χ3v) is 2.91. The van der Waals surface area contributed by atoms with Gasteiger partial charge in [-0.2, -0.15) is 5.26 Å². The van der Waals surface area contributed by atoms with Crippen LogP contribution in [0.1, 0.15) is 5.56 Å². The molecule has 14 heavy (non-hydrogen) atoms. The second kappa shape index (κ2) is 3.68. The van der Waals surface area contributed by atoms with E-state index in [1.54, 1.807) is 6.07 Å². The Morgan fingerprint density at radius 1 is 1.50 bits per heavy atom. The van der Waals surface area contributed by atoms with Crippen molar-refractivity contribution in [3.63, 3.8) is 0 Å². The summed E-state index contributed by atoms with van der Waals surface area (Å²) in [5, 5.41) is 8.45. The Morgan fingerprint density at radius 2 is 2.14 bits per heavy atom. The predicted octanol–water partition coefficient (Wildman–Crippen LogP) is 0.738. The van der Waals surface area contributed by atoms with Crippen LogP contribution < -0.4 is 5.73 Å². The summed E-state index contributed by atoms with van der Waals surface area (Å²) < 4.78 is 22.5. The molecular formula is C9H10N2O2S. The lowest BCUT2D eigenvalue weighted by Crippen LogP contribution is -2.03. The topological polar surface area (TPSA) is 84.0 Å². The van der Waals surface area contributed by atoms with Gasteiger partial charge in [0.15, 0.2) is 9.84 Å². The number of hydrogen-bond acceptors (Lipinski definition) is 4. The molecule has 0 aromatic heterocycles. The van der Waals surface area contributed by atoms with Crippen molar-refractivity contribution >= 4 is 15.5 Å². The second-order valence-corrected chi connectivity index (χ2v) is 4.96. The van der Waals surface area contributed by atoms with Crippen LogP contribution in [0.2, 0.25) is 0 Å². The molecule has 0 bridgehead atoms. The van der Waals surface area contributed by atoms with E-state index in [0.29, 0.717) is 5.56 Å². The van der Waals surface area contributed by atoms with Crippen LogP contribution in [0.15, 0.2) is 23.1 Å². The van der Waals surface area contributed by atoms with E-state index in [2.05, 4.69) is 0 Å². The van der Waals surface area contributed by atoms with E-state index in [4.69, 9.17) is 11.0 Å². The van der Waals surface area contributed by atoms with Gasteiger partial charge in [0.1, 0.15) is 0 Å². The summed E-state index contributed by atoms with van der Waals surface area (Å²) in [6, 6.07) is 6.53. The van der Waals surface area contributed by atoms with Gasteiger partial charge in [0, 0.05) is 6.26 Å². The van der Waals surface area contributed by atoms with Crippen LogP contribution >= 0.6 is 0 Å². The third kappa shape index (κ3) is 2.24. The summed E-state index contributed by atoms with van der Waals surface area (Å²) in [4.78, 5) is 0.0882. The van der Waals surface area contributed by atoms with Crippen LogP contribution in [0.4, 0.5) is 5.69 Å². The summed E-state index contributed by atoms with van der Waals surface area (Å²) >= 11 is 0. The maximum absolute atomic E-state index is 11.2. The molecule has 0 spiro atoms. The average molecular weight is 210 g/mol. The molecule has 0 radical (unpaired) electrons. The Balaban J connectivity index is 3.31. The van der Waals surface area contributed by atoms with Crippen molar-refractivity contribution in [3.05, 3.63) is 23.8 Å². The highest BCUT2D eigenvalue weighted by molar-refractivity contribution is 7.90. The Bertz CT molecular complexity index is 486. The van der Waals surface area contributed by atoms with Crippen molar-refractivity contribution in [2.45, 2.75) is 11.3 Å². The number of nitrogen functional groups attached to an aromatic ring is 1. The molecule has 2 N–H and O–H groups in total. The molecule has 1 aromatic rings. The molecule has 0 saturated heterocycles. The van der Waals surface area contributed by atoms with Gasteiger partial charge in [-0.1, -0.05) is 6.07 Å². The lowest BCUT2D eigenvalue weighted by Gasteiger charge is -2.04. The normalized spacial score (nSPS) is 10.9. The number of anilines is 1. The first-order chi connectivity index (χ1) is 6.45. The monoisotopic (exact) mass is 210 g/mol. The highest BCUT2D eigenvalue weighted by Crippen LogP contribution is 2.19. The number of nitriles is 1. The molecule has 0 saturated carbocycles. The highest BCUT2D eigenvalue weighted by atomic mass is 32.2. The van der Waals surface area contributed by atoms with E-state index in [1.807, 2.05) is 6.07 Å². The molecule has 1 rings (SSSR count). The Labute approximate surface area is 82.9 Å². The van der Waals surface area contributed by atoms with Crippen LogP contribution in [0.25, 0.3) is 0 Å². The minimum atomic E-state index is -3.31. The maximum Gasteiger partial charge on any atom is 0.177 e. The smallest absolute Gasteiger partial charge is 0.177 e. The first-order valence-corrected chi connectivity index (χ1v) is 5.79. The second-order valence-electron chi connectivity index (χ2n) is 2.98. The molecule has 1 aromatic carbocycles. The summed E-state index contributed by atoms with van der Waals surface area (Å²) in [5.74, 6) is 0. The minimum absolute atomic E-state index is 0.0882. The van der Waals surface area contributed by atoms with Gasteiger partial charge in [-0.15, -0.1) is 0 Å². The van der Waals surface area contributed by atoms with Gasteiger partial charge in [-0.05, 0) is 17.7 Å². The molecule has 5 heteroatoms. The lowest BCUT2D eigenvalue weighted by atomic mass is 10.1. The number of benzene rings is 1. The number of hydrogen-bond donors (Lipinski definition) is 1. The molecule has 0 fully saturated rings. The van der Waals surface area contributed by atoms with Crippen LogP contribution in [-0.2, 0) is 16.3 Å². The molecule has 0 atom stereocenters. The third-order valence-electron chi connectivity index (χ3n) is 1.76. The van der Waals surface area contributed by atoms with Crippen LogP contribution in [0, 0.1) is 11.3 Å². The fraction of sp³-hybridized carbons (Fsp3) is 0.222. The highest BCUT2D eigenvalue weighted by Gasteiger charge is 2.11. The van der Waals surface area contributed by atoms with Gasteiger partial charge < -0.3 is 5.73 Å². The van der Waals surface area contributed by atoms with Crippen LogP contribution in [0.3, 0.4) is 0 Å². The van der Waals surface area contributed by atoms with Crippen molar-refractivity contribution in [2.24, 2.45) is 0 Å². The quantitative estimate of drug-likeness (QED) is 0.729. The predicted molar refractivity (Wildman–Crippen MR) is 53.3 cm³/mol. The minimum Gasteiger partial charge on any atom is -0.398 e. The SMILES string of the molecule is CS(=O)(=O)c1cc(CC#N)ccc1N. The van der Waals surface area contributed by atoms with Crippen molar-refractivity contribution in [1.82, 2.24) is 0 Å². The van der Waals surface area contributed by atoms with E-state index < -0.39 is 9.84 Å². The lowest BCUT2D eigenvalue weighted by molar-refractivity contribution is 0.602. The van der Waals surface area contributed by atoms with E-state index in [-0.39, 0.29) is 17.0 Å². The molecule has 74 valence electrons. The van der Waals surface area contributed by atoms with Gasteiger partial charge >= 0.3 is 0 Å². The van der Waals surface area contributed by atoms with Crippen LogP contribution in [-0.4, -0.2) is 14.7 Å². The van der Waals surface area contributed by atoms with E-state index >= 15 is 0 Å². The number of nitrogens with two attached hydrogens (primary N) is 1. The Hall–Kier alpha value is -1.54. The first kappa shape index (κ1) is 10.5. The maximum atomic E-state index is 11.2. The van der Waals surface area contributed by atoms with Gasteiger partial charge in [-0.25, -0.2) is 8.42 Å². The van der Waals surface area contributed by atoms with Crippen molar-refractivity contribution in [1.29, 1.82) is 5.26 Å². The van der Waals surface area contributed by atoms with Crippen molar-refractivity contribution in [2.75, 3.05) is 12.0 Å². The van der Waals surface area contributed by atoms with E-state index in [0.717, 1.165) is 6.26 Å². The zero-order valence-corrected chi connectivity index (χ0v) is 8.50. The molecule has 0 aliphatic carbocycles. The summed E-state index contributed by atoms with van der Waals surface area (Å²) in [5.41, 5.74) is 6.38. The Kier molecular flexibility index (Phi) is 2.77. The van der Waals surface area contributed by atoms with Gasteiger partial charge in [0.05, 0.1) is 23.1 Å². The number of sulfone groups is 1. The first-order valence-electron chi connectivity index (χ1n) is 3.90. The molecule has 0 unspecified atom stereocenters. The standard InChI is InChI=1S/C9H10N2O2S/c1-14(12,13)9-6-7(4-5-10)2-3-8(9)11/h2-3,6H,4,11H2,1H3. The fourth-order valence-corrected chi connectivity index (χ4v) is 1.96. The van der Waals surface area contributed by atoms with Crippen molar-refractivity contribution < 1.29 is 8.42 Å². The van der Waals surface area contributed by atoms with Gasteiger partial charge in [0.2, 0.25) is 0 Å². The summed E-state index contributed by atoms with van der Waals surface area (Å²) in [6.45, 7) is 0. The van der Waals surface area contributed by atoms with Crippen LogP contribution in [0.5, 0.6) is 0 Å². The Morgan fingerprint density at radius 3 is 2.64 bits per heavy atom. The molecule has 0 heterocycles. The molecule has 4 nitrogen and oxygen atoms in total. The van der Waals surface area contributed by atoms with E-state index in [9.17, 15) is 8.42 Å². The molecule has 0 aliphatic rings. The molecular weight excluding hydrogens is 200 g/mol. The number of nitrogens with zero attached hydrogens (tertiary/aromatic N) is 1. The summed E-state index contributed by atoms with van der Waals surface area (Å²) in [7, 11) is -3.31. The molecule has 0 aliphatic heterocycles. The zero-order chi connectivity index (χ0) is 10.8. The zero-order valence-electron chi connectivity index (χ0n) is 7.69. The number of rotatable bonds is 2.